The molecule has 20 nitrogen and oxygen atoms in total. The first-order chi connectivity index (χ1) is 51.1. The number of hydrogen-bond donors (Lipinski definition) is 8. The van der Waals surface area contributed by atoms with Gasteiger partial charge in [-0.15, -0.1) is 0 Å². The van der Waals surface area contributed by atoms with Gasteiger partial charge in [-0.2, -0.15) is 0 Å². The molecule has 3 aromatic heterocycles. The number of nitrogens with two attached hydrogens (primary N) is 8. The van der Waals surface area contributed by atoms with E-state index in [1.807, 2.05) is 154 Å². The minimum absolute atomic E-state index is 0.0290. The molecule has 8 amide bonds. The number of primary amides is 8. The molecule has 8 aromatic rings. The molecule has 5 aromatic carbocycles. The molecule has 0 spiro atoms. The van der Waals surface area contributed by atoms with Gasteiger partial charge in [-0.1, -0.05) is 195 Å². The van der Waals surface area contributed by atoms with Gasteiger partial charge in [0.05, 0.1) is 19.0 Å². The Morgan fingerprint density at radius 3 is 1.15 bits per heavy atom. The van der Waals surface area contributed by atoms with Crippen LogP contribution in [0, 0.1) is 37.1 Å². The van der Waals surface area contributed by atoms with Gasteiger partial charge in [0, 0.05) is 49.4 Å². The highest BCUT2D eigenvalue weighted by atomic mass is 35.5. The van der Waals surface area contributed by atoms with Crippen LogP contribution in [-0.4, -0.2) is 69.3 Å². The van der Waals surface area contributed by atoms with Crippen molar-refractivity contribution in [1.29, 1.82) is 0 Å². The van der Waals surface area contributed by atoms with Crippen LogP contribution in [-0.2, 0) is 43.3 Å². The molecule has 113 heavy (non-hydrogen) atoms. The number of carbonyl (C=O) groups is 8. The summed E-state index contributed by atoms with van der Waals surface area (Å²) >= 11 is 6.03. The van der Waals surface area contributed by atoms with Gasteiger partial charge in [-0.05, 0) is 194 Å². The average Bonchev–Trinajstić information content (AvgIpc) is 0.831. The molecule has 0 fully saturated rings. The number of aryl methyl sites for hydroxylation is 2. The molecule has 0 saturated carbocycles. The summed E-state index contributed by atoms with van der Waals surface area (Å²) in [5.74, 6) is -5.58. The molecule has 0 bridgehead atoms. The number of methoxy groups -OCH3 is 1. The summed E-state index contributed by atoms with van der Waals surface area (Å²) in [5, 5.41) is 0.669. The van der Waals surface area contributed by atoms with Gasteiger partial charge in [0.1, 0.15) is 34.6 Å². The molecule has 0 aliphatic rings. The first-order valence-corrected chi connectivity index (χ1v) is 36.4. The van der Waals surface area contributed by atoms with Crippen molar-refractivity contribution in [2.24, 2.45) is 45.9 Å². The number of ether oxygens (including phenoxy) is 1. The highest BCUT2D eigenvalue weighted by Gasteiger charge is 2.26. The Balaban J connectivity index is 0.000000646. The number of hydrogen-bond acceptors (Lipinski definition) is 12. The van der Waals surface area contributed by atoms with Crippen molar-refractivity contribution in [1.82, 2.24) is 15.0 Å². The van der Waals surface area contributed by atoms with Gasteiger partial charge in [0.15, 0.2) is 11.5 Å². The molecule has 0 radical (unpaired) electrons. The molecular weight excluding hydrogens is 1470 g/mol. The molecule has 8 rings (SSSR count). The Kier molecular flexibility index (Phi) is 35.9. The highest BCUT2D eigenvalue weighted by Crippen LogP contribution is 2.33. The number of carbonyl (C=O) groups excluding carboxylic acids is 8. The smallest absolute Gasteiger partial charge is 0.270 e. The van der Waals surface area contributed by atoms with E-state index >= 15 is 0 Å². The third kappa shape index (κ3) is 33.5. The van der Waals surface area contributed by atoms with Crippen LogP contribution in [0.3, 0.4) is 0 Å². The monoisotopic (exact) mass is 1580 g/mol. The van der Waals surface area contributed by atoms with Crippen LogP contribution in [0.5, 0.6) is 5.75 Å². The first kappa shape index (κ1) is 100. The fourth-order valence-electron chi connectivity index (χ4n) is 9.94. The van der Waals surface area contributed by atoms with Crippen LogP contribution in [0.15, 0.2) is 128 Å². The van der Waals surface area contributed by atoms with E-state index < -0.39 is 64.1 Å². The van der Waals surface area contributed by atoms with Gasteiger partial charge in [-0.3, -0.25) is 38.4 Å². The zero-order valence-electron chi connectivity index (χ0n) is 70.6. The molecule has 0 aliphatic carbocycles. The number of aromatic nitrogens is 3. The quantitative estimate of drug-likeness (QED) is 0.0625. The number of halogens is 5. The molecule has 0 saturated heterocycles. The lowest BCUT2D eigenvalue weighted by Gasteiger charge is -2.22. The lowest BCUT2D eigenvalue weighted by molar-refractivity contribution is 0.0983. The lowest BCUT2D eigenvalue weighted by atomic mass is 9.83. The molecule has 25 heteroatoms. The van der Waals surface area contributed by atoms with Crippen LogP contribution in [0.4, 0.5) is 17.6 Å². The van der Waals surface area contributed by atoms with E-state index in [1.165, 1.54) is 41.5 Å². The molecule has 3 heterocycles. The second-order valence-corrected chi connectivity index (χ2v) is 35.4. The second kappa shape index (κ2) is 40.5. The molecule has 16 N–H and O–H groups in total. The maximum absolute atomic E-state index is 13.3. The highest BCUT2D eigenvalue weighted by molar-refractivity contribution is 6.31. The molecule has 0 unspecified atom stereocenters. The van der Waals surface area contributed by atoms with Crippen LogP contribution >= 0.6 is 11.6 Å². The Bertz CT molecular complexity index is 4350. The Labute approximate surface area is 669 Å². The van der Waals surface area contributed by atoms with Gasteiger partial charge >= 0.3 is 0 Å². The SMILES string of the molecule is CC(C)(C)c1cc(C(N)=O)ccc1Cl.CC(C)(C)c1cc(C(N)=O)ncc1F.CC(C)(C)c1cc(F)cc(C(N)=O)c1.CC(C)(C)c1ccc(F)c(C(N)=O)n1.CC(C)(C)c1nc(C(N)=O)ccc1F.COc1cc(C(N)=O)cc(C(C)(C)C)c1.Cc1cc(C(N)=O)cc(C(C)(C)C)c1.Cc1ccc(C(N)=O)cc1C(C)(C)C. The minimum Gasteiger partial charge on any atom is -0.497 e. The predicted octanol–water partition coefficient (Wildman–Crippen LogP) is 16.7. The number of pyridine rings is 3. The zero-order valence-corrected chi connectivity index (χ0v) is 71.4. The summed E-state index contributed by atoms with van der Waals surface area (Å²) in [6, 6.07) is 32.7. The van der Waals surface area contributed by atoms with E-state index in [0.717, 1.165) is 40.1 Å². The largest absolute Gasteiger partial charge is 0.497 e. The van der Waals surface area contributed by atoms with Crippen LogP contribution in [0.2, 0.25) is 5.02 Å². The minimum atomic E-state index is -0.839. The van der Waals surface area contributed by atoms with Gasteiger partial charge in [-0.25, -0.2) is 32.5 Å². The third-order valence-corrected chi connectivity index (χ3v) is 16.9. The summed E-state index contributed by atoms with van der Waals surface area (Å²) < 4.78 is 57.9. The van der Waals surface area contributed by atoms with Crippen LogP contribution in [0.25, 0.3) is 0 Å². The van der Waals surface area contributed by atoms with Crippen LogP contribution in [0.1, 0.15) is 305 Å². The van der Waals surface area contributed by atoms with Crippen molar-refractivity contribution in [3.63, 3.8) is 0 Å². The summed E-state index contributed by atoms with van der Waals surface area (Å²) in [6.45, 7) is 51.8. The Morgan fingerprint density at radius 1 is 0.345 bits per heavy atom. The number of rotatable bonds is 9. The van der Waals surface area contributed by atoms with E-state index in [4.69, 9.17) is 62.2 Å². The van der Waals surface area contributed by atoms with E-state index in [1.54, 1.807) is 49.6 Å². The fourth-order valence-corrected chi connectivity index (χ4v) is 10.3. The molecule has 0 aliphatic heterocycles. The van der Waals surface area contributed by atoms with Crippen molar-refractivity contribution in [3.05, 3.63) is 257 Å². The molecule has 614 valence electrons. The predicted molar refractivity (Wildman–Crippen MR) is 444 cm³/mol. The summed E-state index contributed by atoms with van der Waals surface area (Å²) in [7, 11) is 1.58. The Morgan fingerprint density at radius 2 is 0.752 bits per heavy atom. The topological polar surface area (TPSA) is 393 Å². The first-order valence-electron chi connectivity index (χ1n) is 36.0. The van der Waals surface area contributed by atoms with Gasteiger partial charge in [0.2, 0.25) is 29.5 Å². The average molecular weight is 1590 g/mol. The lowest BCUT2D eigenvalue weighted by Crippen LogP contribution is -2.20. The van der Waals surface area contributed by atoms with Gasteiger partial charge < -0.3 is 50.6 Å². The zero-order chi connectivity index (χ0) is 88.2. The van der Waals surface area contributed by atoms with E-state index in [0.29, 0.717) is 44.3 Å². The van der Waals surface area contributed by atoms with Gasteiger partial charge in [0.25, 0.3) is 17.7 Å². The van der Waals surface area contributed by atoms with E-state index in [9.17, 15) is 55.9 Å². The number of nitrogens with zero attached hydrogens (tertiary/aromatic N) is 3. The normalized spacial score (nSPS) is 11.4. The van der Waals surface area contributed by atoms with Crippen LogP contribution < -0.4 is 50.6 Å². The van der Waals surface area contributed by atoms with Crippen molar-refractivity contribution in [2.45, 2.75) is 223 Å². The fraction of sp³-hybridized carbons (Fsp3) is 0.398. The van der Waals surface area contributed by atoms with Crippen molar-refractivity contribution in [2.75, 3.05) is 7.11 Å². The van der Waals surface area contributed by atoms with E-state index in [2.05, 4.69) is 83.3 Å². The number of benzene rings is 5. The summed E-state index contributed by atoms with van der Waals surface area (Å²) in [5.41, 5.74) is 50.9. The summed E-state index contributed by atoms with van der Waals surface area (Å²) in [4.78, 5) is 98.9. The molecular formula is C88H118ClF4N11O9. The number of amides is 8. The maximum Gasteiger partial charge on any atom is 0.270 e. The maximum atomic E-state index is 13.3. The van der Waals surface area contributed by atoms with Crippen molar-refractivity contribution >= 4 is 58.9 Å². The Hall–Kier alpha value is -10.9. The second-order valence-electron chi connectivity index (χ2n) is 35.0. The standard InChI is InChI=1S/C12H17NO2.2C12H17NO.C11H14ClNO.C11H14FNO.3C10H13FN2O/c1-12(2,3)9-5-8(11(13)14)6-10(7-9)15-4;1-8-5-9(11(13)14)7-10(6-8)12(2,3)4;1-8-5-6-9(11(13)14)7-10(8)12(2,3)4;1-11(2,3)8-6-7(10(13)14)4-5-9(8)12;1-11(2,3)8-4-7(10(13)14)5-9(12)6-8;1-10(2,3)6-4-8(9(12)14)13-5-7(6)11;1-10(2,3)7-5-4-6(11)8(13-7)9(12)14;1-10(2,3)8-6(11)4-5-7(13-8)9(12)14/h5-7H,1-4H3,(H2,13,14);2*5-7H,1-4H3,(H2,13,14);2*4-6H,1-3H3,(H2,13,14);3*4-5H,1-3H3,(H2,12,14). The van der Waals surface area contributed by atoms with E-state index in [-0.39, 0.29) is 78.1 Å². The molecule has 0 atom stereocenters. The van der Waals surface area contributed by atoms with Crippen molar-refractivity contribution < 1.29 is 60.7 Å². The summed E-state index contributed by atoms with van der Waals surface area (Å²) in [6.07, 6.45) is 1.03. The van der Waals surface area contributed by atoms with Crippen molar-refractivity contribution in [3.8, 4) is 5.75 Å². The third-order valence-electron chi connectivity index (χ3n) is 16.5.